The summed E-state index contributed by atoms with van der Waals surface area (Å²) in [6.45, 7) is 1.61. The fraction of sp³-hybridized carbons (Fsp3) is 0.200. The lowest BCUT2D eigenvalue weighted by molar-refractivity contribution is -0.141. The number of benzene rings is 1. The number of nitrogens with zero attached hydrogens (tertiary/aromatic N) is 3. The average Bonchev–Trinajstić information content (AvgIpc) is 3.13. The molecule has 0 saturated carbocycles. The molecule has 0 fully saturated rings. The zero-order valence-electron chi connectivity index (χ0n) is 13.7. The monoisotopic (exact) mass is 423 g/mol. The van der Waals surface area contributed by atoms with Crippen LogP contribution in [0.25, 0.3) is 16.4 Å². The van der Waals surface area contributed by atoms with Crippen LogP contribution in [-0.4, -0.2) is 29.4 Å². The summed E-state index contributed by atoms with van der Waals surface area (Å²) in [7, 11) is -4.06. The minimum atomic E-state index is -4.83. The Bertz CT molecular complexity index is 1130. The Kier molecular flexibility index (Phi) is 4.58. The predicted molar refractivity (Wildman–Crippen MR) is 87.4 cm³/mol. The van der Waals surface area contributed by atoms with Crippen molar-refractivity contribution in [3.05, 3.63) is 46.6 Å². The normalized spacial score (nSPS) is 12.6. The first-order valence-corrected chi connectivity index (χ1v) is 9.94. The molecule has 0 aliphatic heterocycles. The van der Waals surface area contributed by atoms with Crippen LogP contribution in [0, 0.1) is 18.6 Å². The largest absolute Gasteiger partial charge is 0.435 e. The van der Waals surface area contributed by atoms with Crippen LogP contribution < -0.4 is 0 Å². The van der Waals surface area contributed by atoms with Gasteiger partial charge in [-0.15, -0.1) is 11.3 Å². The molecule has 2 heterocycles. The molecule has 0 saturated heterocycles. The van der Waals surface area contributed by atoms with Crippen LogP contribution in [0.2, 0.25) is 0 Å². The molecule has 3 aromatic rings. The van der Waals surface area contributed by atoms with E-state index in [0.717, 1.165) is 16.0 Å². The highest BCUT2D eigenvalue weighted by Gasteiger charge is 2.36. The molecule has 0 spiro atoms. The molecule has 3 rings (SSSR count). The van der Waals surface area contributed by atoms with Crippen molar-refractivity contribution >= 4 is 21.2 Å². The van der Waals surface area contributed by atoms with Crippen LogP contribution in [0.5, 0.6) is 0 Å². The fourth-order valence-electron chi connectivity index (χ4n) is 2.31. The minimum absolute atomic E-state index is 0.0185. The van der Waals surface area contributed by atoms with E-state index in [2.05, 4.69) is 10.1 Å². The zero-order valence-corrected chi connectivity index (χ0v) is 15.3. The molecule has 0 bridgehead atoms. The van der Waals surface area contributed by atoms with Gasteiger partial charge in [0.1, 0.15) is 16.5 Å². The van der Waals surface area contributed by atoms with Crippen molar-refractivity contribution in [3.8, 4) is 16.4 Å². The number of hydrogen-bond acceptors (Lipinski definition) is 5. The number of aryl methyl sites for hydroxylation is 1. The molecule has 0 radical (unpaired) electrons. The molecule has 0 N–H and O–H groups in total. The number of thiazole rings is 1. The first kappa shape index (κ1) is 19.4. The van der Waals surface area contributed by atoms with E-state index in [1.54, 1.807) is 12.3 Å². The van der Waals surface area contributed by atoms with E-state index in [1.165, 1.54) is 0 Å². The van der Waals surface area contributed by atoms with Crippen LogP contribution in [-0.2, 0) is 16.0 Å². The number of sulfone groups is 1. The van der Waals surface area contributed by atoms with E-state index in [9.17, 15) is 30.4 Å². The lowest BCUT2D eigenvalue weighted by Gasteiger charge is -2.08. The molecule has 0 aliphatic carbocycles. The van der Waals surface area contributed by atoms with E-state index < -0.39 is 49.5 Å². The van der Waals surface area contributed by atoms with Gasteiger partial charge < -0.3 is 0 Å². The molecule has 12 heteroatoms. The van der Waals surface area contributed by atoms with Gasteiger partial charge in [-0.3, -0.25) is 0 Å². The summed E-state index contributed by atoms with van der Waals surface area (Å²) in [6, 6.07) is 1.51. The molecule has 1 aromatic carbocycles. The standard InChI is InChI=1S/C15H10F5N3O2S2/c1-7-6-26-14(21-7)23-11(5-13(22-23)15(18,19)20)8-3-10(17)12(4-9(8)16)27(2,24)25/h3-6H,1-2H3. The Morgan fingerprint density at radius 1 is 1.11 bits per heavy atom. The molecule has 27 heavy (non-hydrogen) atoms. The van der Waals surface area contributed by atoms with Gasteiger partial charge in [0.15, 0.2) is 15.5 Å². The second-order valence-corrected chi connectivity index (χ2v) is 8.45. The molecule has 0 aliphatic rings. The first-order valence-electron chi connectivity index (χ1n) is 7.17. The number of rotatable bonds is 3. The average molecular weight is 423 g/mol. The van der Waals surface area contributed by atoms with Crippen molar-refractivity contribution in [2.45, 2.75) is 18.0 Å². The quantitative estimate of drug-likeness (QED) is 0.598. The van der Waals surface area contributed by atoms with Gasteiger partial charge >= 0.3 is 6.18 Å². The van der Waals surface area contributed by atoms with Gasteiger partial charge in [0.05, 0.1) is 11.4 Å². The molecule has 0 atom stereocenters. The molecule has 2 aromatic heterocycles. The van der Waals surface area contributed by atoms with E-state index >= 15 is 0 Å². The lowest BCUT2D eigenvalue weighted by atomic mass is 10.1. The number of aromatic nitrogens is 3. The predicted octanol–water partition coefficient (Wildman–Crippen LogP) is 4.00. The highest BCUT2D eigenvalue weighted by atomic mass is 32.2. The van der Waals surface area contributed by atoms with Crippen molar-refractivity contribution < 1.29 is 30.4 Å². The zero-order chi connectivity index (χ0) is 20.1. The van der Waals surface area contributed by atoms with Gasteiger partial charge in [-0.05, 0) is 25.1 Å². The van der Waals surface area contributed by atoms with Crippen molar-refractivity contribution in [3.63, 3.8) is 0 Å². The third kappa shape index (κ3) is 3.72. The summed E-state index contributed by atoms with van der Waals surface area (Å²) < 4.78 is 91.6. The van der Waals surface area contributed by atoms with Crippen molar-refractivity contribution in [1.29, 1.82) is 0 Å². The summed E-state index contributed by atoms with van der Waals surface area (Å²) in [6.07, 6.45) is -4.14. The van der Waals surface area contributed by atoms with Gasteiger partial charge in [0.25, 0.3) is 0 Å². The SMILES string of the molecule is Cc1csc(-n2nc(C(F)(F)F)cc2-c2cc(F)c(S(C)(=O)=O)cc2F)n1. The summed E-state index contributed by atoms with van der Waals surface area (Å²) in [5.41, 5.74) is -1.80. The van der Waals surface area contributed by atoms with E-state index in [-0.39, 0.29) is 5.13 Å². The first-order chi connectivity index (χ1) is 12.4. The lowest BCUT2D eigenvalue weighted by Crippen LogP contribution is -2.07. The summed E-state index contributed by atoms with van der Waals surface area (Å²) in [5, 5.41) is 4.99. The molecule has 5 nitrogen and oxygen atoms in total. The molecular weight excluding hydrogens is 413 g/mol. The van der Waals surface area contributed by atoms with Crippen molar-refractivity contribution in [1.82, 2.24) is 14.8 Å². The Hall–Kier alpha value is -2.34. The minimum Gasteiger partial charge on any atom is -0.224 e. The van der Waals surface area contributed by atoms with Crippen molar-refractivity contribution in [2.75, 3.05) is 6.26 Å². The Morgan fingerprint density at radius 3 is 2.30 bits per heavy atom. The maximum Gasteiger partial charge on any atom is 0.435 e. The highest BCUT2D eigenvalue weighted by molar-refractivity contribution is 7.90. The van der Waals surface area contributed by atoms with Crippen LogP contribution in [0.1, 0.15) is 11.4 Å². The topological polar surface area (TPSA) is 64.8 Å². The van der Waals surface area contributed by atoms with Crippen LogP contribution >= 0.6 is 11.3 Å². The van der Waals surface area contributed by atoms with Gasteiger partial charge in [-0.1, -0.05) is 0 Å². The highest BCUT2D eigenvalue weighted by Crippen LogP contribution is 2.35. The number of alkyl halides is 3. The maximum absolute atomic E-state index is 14.5. The third-order valence-electron chi connectivity index (χ3n) is 3.48. The van der Waals surface area contributed by atoms with E-state index in [0.29, 0.717) is 30.1 Å². The second kappa shape index (κ2) is 6.37. The van der Waals surface area contributed by atoms with Gasteiger partial charge in [-0.25, -0.2) is 26.9 Å². The van der Waals surface area contributed by atoms with Crippen LogP contribution in [0.3, 0.4) is 0 Å². The maximum atomic E-state index is 14.5. The Labute approximate surface area is 154 Å². The van der Waals surface area contributed by atoms with Crippen LogP contribution in [0.4, 0.5) is 22.0 Å². The third-order valence-corrected chi connectivity index (χ3v) is 5.53. The van der Waals surface area contributed by atoms with E-state index in [1.807, 2.05) is 0 Å². The number of halogens is 5. The smallest absolute Gasteiger partial charge is 0.224 e. The Morgan fingerprint density at radius 2 is 1.78 bits per heavy atom. The molecule has 144 valence electrons. The fourth-order valence-corrected chi connectivity index (χ4v) is 3.80. The molecule has 0 unspecified atom stereocenters. The van der Waals surface area contributed by atoms with E-state index in [4.69, 9.17) is 0 Å². The molecule has 0 amide bonds. The van der Waals surface area contributed by atoms with Crippen LogP contribution in [0.15, 0.2) is 28.5 Å². The van der Waals surface area contributed by atoms with Gasteiger partial charge in [0, 0.05) is 17.2 Å². The van der Waals surface area contributed by atoms with Gasteiger partial charge in [-0.2, -0.15) is 18.3 Å². The summed E-state index contributed by atoms with van der Waals surface area (Å²) in [4.78, 5) is 3.12. The van der Waals surface area contributed by atoms with Crippen molar-refractivity contribution in [2.24, 2.45) is 0 Å². The number of hydrogen-bond donors (Lipinski definition) is 0. The molecular formula is C15H10F5N3O2S2. The summed E-state index contributed by atoms with van der Waals surface area (Å²) in [5.74, 6) is -2.49. The second-order valence-electron chi connectivity index (χ2n) is 5.63. The summed E-state index contributed by atoms with van der Waals surface area (Å²) >= 11 is 0.963. The Balaban J connectivity index is 2.28. The van der Waals surface area contributed by atoms with Gasteiger partial charge in [0.2, 0.25) is 5.13 Å².